The molecular weight excluding hydrogens is 310 g/mol. The minimum absolute atomic E-state index is 0.143. The van der Waals surface area contributed by atoms with Crippen molar-refractivity contribution in [3.05, 3.63) is 66.1 Å². The quantitative estimate of drug-likeness (QED) is 0.695. The number of imidazole rings is 1. The zero-order valence-corrected chi connectivity index (χ0v) is 15.5. The Balaban J connectivity index is 1.67. The maximum atomic E-state index is 5.77. The third kappa shape index (κ3) is 4.20. The number of ether oxygens (including phenoxy) is 1. The van der Waals surface area contributed by atoms with Crippen LogP contribution in [-0.2, 0) is 12.1 Å². The smallest absolute Gasteiger partial charge is 0.136 e. The van der Waals surface area contributed by atoms with E-state index in [1.807, 2.05) is 30.6 Å². The van der Waals surface area contributed by atoms with Crippen molar-refractivity contribution >= 4 is 5.65 Å². The zero-order chi connectivity index (χ0) is 17.9. The van der Waals surface area contributed by atoms with Crippen molar-refractivity contribution in [1.29, 1.82) is 0 Å². The van der Waals surface area contributed by atoms with Gasteiger partial charge in [-0.15, -0.1) is 0 Å². The molecule has 2 aromatic heterocycles. The standard InChI is InChI=1S/C21H27N3O/c1-16(2)15-25-19-10-8-17(9-11-19)21(3,4)23-14-18-13-22-20-7-5-6-12-24(18)20/h5-13,16,23H,14-15H2,1-4H3. The lowest BCUT2D eigenvalue weighted by Gasteiger charge is -2.27. The molecule has 0 spiro atoms. The van der Waals surface area contributed by atoms with Gasteiger partial charge in [-0.3, -0.25) is 0 Å². The monoisotopic (exact) mass is 337 g/mol. The topological polar surface area (TPSA) is 38.6 Å². The van der Waals surface area contributed by atoms with Crippen LogP contribution in [0.25, 0.3) is 5.65 Å². The van der Waals surface area contributed by atoms with E-state index < -0.39 is 0 Å². The summed E-state index contributed by atoms with van der Waals surface area (Å²) in [6.07, 6.45) is 3.98. The highest BCUT2D eigenvalue weighted by atomic mass is 16.5. The molecule has 0 fully saturated rings. The summed E-state index contributed by atoms with van der Waals surface area (Å²) in [6.45, 7) is 10.2. The molecule has 3 rings (SSSR count). The van der Waals surface area contributed by atoms with Gasteiger partial charge in [0.15, 0.2) is 0 Å². The van der Waals surface area contributed by atoms with Crippen LogP contribution < -0.4 is 10.1 Å². The maximum absolute atomic E-state index is 5.77. The molecular formula is C21H27N3O. The molecule has 0 bridgehead atoms. The van der Waals surface area contributed by atoms with Crippen molar-refractivity contribution in [3.8, 4) is 5.75 Å². The fraction of sp³-hybridized carbons (Fsp3) is 0.381. The van der Waals surface area contributed by atoms with Crippen molar-refractivity contribution in [2.24, 2.45) is 5.92 Å². The molecule has 0 radical (unpaired) electrons. The van der Waals surface area contributed by atoms with Crippen molar-refractivity contribution in [1.82, 2.24) is 14.7 Å². The first-order valence-electron chi connectivity index (χ1n) is 8.85. The molecule has 0 aliphatic heterocycles. The van der Waals surface area contributed by atoms with Crippen LogP contribution in [0.4, 0.5) is 0 Å². The van der Waals surface area contributed by atoms with E-state index in [1.54, 1.807) is 0 Å². The second-order valence-corrected chi connectivity index (χ2v) is 7.39. The molecule has 1 aromatic carbocycles. The molecule has 3 aromatic rings. The van der Waals surface area contributed by atoms with Crippen LogP contribution in [-0.4, -0.2) is 16.0 Å². The highest BCUT2D eigenvalue weighted by Crippen LogP contribution is 2.23. The number of nitrogens with one attached hydrogen (secondary N) is 1. The first-order chi connectivity index (χ1) is 12.0. The third-order valence-electron chi connectivity index (χ3n) is 4.36. The van der Waals surface area contributed by atoms with Crippen molar-refractivity contribution in [2.45, 2.75) is 39.8 Å². The van der Waals surface area contributed by atoms with Crippen LogP contribution in [0.5, 0.6) is 5.75 Å². The number of benzene rings is 1. The average molecular weight is 337 g/mol. The second-order valence-electron chi connectivity index (χ2n) is 7.39. The van der Waals surface area contributed by atoms with Gasteiger partial charge in [-0.2, -0.15) is 0 Å². The summed E-state index contributed by atoms with van der Waals surface area (Å²) < 4.78 is 7.89. The minimum atomic E-state index is -0.143. The Kier molecular flexibility index (Phi) is 5.09. The molecule has 0 atom stereocenters. The number of hydrogen-bond acceptors (Lipinski definition) is 3. The molecule has 2 heterocycles. The van der Waals surface area contributed by atoms with Gasteiger partial charge in [-0.05, 0) is 49.6 Å². The van der Waals surface area contributed by atoms with Gasteiger partial charge in [0.1, 0.15) is 11.4 Å². The SMILES string of the molecule is CC(C)COc1ccc(C(C)(C)NCc2cnc3ccccn23)cc1. The maximum Gasteiger partial charge on any atom is 0.136 e. The molecule has 0 aliphatic rings. The lowest BCUT2D eigenvalue weighted by atomic mass is 9.94. The van der Waals surface area contributed by atoms with Gasteiger partial charge in [0.25, 0.3) is 0 Å². The molecule has 0 saturated carbocycles. The third-order valence-corrected chi connectivity index (χ3v) is 4.36. The molecule has 4 nitrogen and oxygen atoms in total. The van der Waals surface area contributed by atoms with Gasteiger partial charge < -0.3 is 14.5 Å². The van der Waals surface area contributed by atoms with Crippen molar-refractivity contribution < 1.29 is 4.74 Å². The Morgan fingerprint density at radius 3 is 2.60 bits per heavy atom. The van der Waals surface area contributed by atoms with Gasteiger partial charge in [0.05, 0.1) is 18.5 Å². The fourth-order valence-corrected chi connectivity index (χ4v) is 2.76. The number of rotatable bonds is 7. The Hall–Kier alpha value is -2.33. The molecule has 0 saturated heterocycles. The lowest BCUT2D eigenvalue weighted by molar-refractivity contribution is 0.270. The van der Waals surface area contributed by atoms with Gasteiger partial charge in [0, 0.05) is 18.3 Å². The number of fused-ring (bicyclic) bond motifs is 1. The summed E-state index contributed by atoms with van der Waals surface area (Å²) in [4.78, 5) is 4.44. The average Bonchev–Trinajstić information content (AvgIpc) is 3.02. The van der Waals surface area contributed by atoms with E-state index in [0.29, 0.717) is 5.92 Å². The molecule has 0 unspecified atom stereocenters. The van der Waals surface area contributed by atoms with E-state index in [2.05, 4.69) is 66.7 Å². The van der Waals surface area contributed by atoms with Gasteiger partial charge in [0.2, 0.25) is 0 Å². The summed E-state index contributed by atoms with van der Waals surface area (Å²) in [6, 6.07) is 14.4. The lowest BCUT2D eigenvalue weighted by Crippen LogP contribution is -2.36. The molecule has 132 valence electrons. The first kappa shape index (κ1) is 17.5. The predicted molar refractivity (Wildman–Crippen MR) is 102 cm³/mol. The van der Waals surface area contributed by atoms with E-state index in [9.17, 15) is 0 Å². The number of hydrogen-bond donors (Lipinski definition) is 1. The Labute approximate surface area is 149 Å². The minimum Gasteiger partial charge on any atom is -0.493 e. The largest absolute Gasteiger partial charge is 0.493 e. The zero-order valence-electron chi connectivity index (χ0n) is 15.5. The summed E-state index contributed by atoms with van der Waals surface area (Å²) in [5, 5.41) is 3.64. The molecule has 0 aliphatic carbocycles. The van der Waals surface area contributed by atoms with Gasteiger partial charge in [-0.1, -0.05) is 32.0 Å². The number of nitrogens with zero attached hydrogens (tertiary/aromatic N) is 2. The summed E-state index contributed by atoms with van der Waals surface area (Å²) >= 11 is 0. The van der Waals surface area contributed by atoms with E-state index >= 15 is 0 Å². The van der Waals surface area contributed by atoms with Crippen LogP contribution >= 0.6 is 0 Å². The molecule has 0 amide bonds. The summed E-state index contributed by atoms with van der Waals surface area (Å²) in [7, 11) is 0. The van der Waals surface area contributed by atoms with E-state index in [-0.39, 0.29) is 5.54 Å². The molecule has 25 heavy (non-hydrogen) atoms. The fourth-order valence-electron chi connectivity index (χ4n) is 2.76. The van der Waals surface area contributed by atoms with Crippen LogP contribution in [0.1, 0.15) is 39.0 Å². The van der Waals surface area contributed by atoms with Gasteiger partial charge in [-0.25, -0.2) is 4.98 Å². The highest BCUT2D eigenvalue weighted by molar-refractivity contribution is 5.40. The van der Waals surface area contributed by atoms with Crippen molar-refractivity contribution in [3.63, 3.8) is 0 Å². The molecule has 1 N–H and O–H groups in total. The van der Waals surface area contributed by atoms with Crippen molar-refractivity contribution in [2.75, 3.05) is 6.61 Å². The van der Waals surface area contributed by atoms with Crippen LogP contribution in [0.15, 0.2) is 54.9 Å². The van der Waals surface area contributed by atoms with E-state index in [4.69, 9.17) is 4.74 Å². The normalized spacial score (nSPS) is 12.0. The van der Waals surface area contributed by atoms with Crippen LogP contribution in [0, 0.1) is 5.92 Å². The predicted octanol–water partition coefficient (Wildman–Crippen LogP) is 4.39. The first-order valence-corrected chi connectivity index (χ1v) is 8.85. The number of pyridine rings is 1. The Morgan fingerprint density at radius 2 is 1.88 bits per heavy atom. The van der Waals surface area contributed by atoms with E-state index in [0.717, 1.165) is 30.2 Å². The van der Waals surface area contributed by atoms with Crippen LogP contribution in [0.3, 0.4) is 0 Å². The molecule has 4 heteroatoms. The summed E-state index contributed by atoms with van der Waals surface area (Å²) in [5.74, 6) is 1.46. The van der Waals surface area contributed by atoms with Crippen LogP contribution in [0.2, 0.25) is 0 Å². The van der Waals surface area contributed by atoms with Gasteiger partial charge >= 0.3 is 0 Å². The Bertz CT molecular complexity index is 819. The second kappa shape index (κ2) is 7.28. The van der Waals surface area contributed by atoms with E-state index in [1.165, 1.54) is 5.56 Å². The number of aromatic nitrogens is 2. The Morgan fingerprint density at radius 1 is 1.12 bits per heavy atom. The summed E-state index contributed by atoms with van der Waals surface area (Å²) in [5.41, 5.74) is 3.22. The highest BCUT2D eigenvalue weighted by Gasteiger charge is 2.20.